The minimum Gasteiger partial charge on any atom is -0.361 e. The normalized spacial score (nSPS) is 10.7. The van der Waals surface area contributed by atoms with Gasteiger partial charge in [-0.3, -0.25) is 0 Å². The second-order valence-electron chi connectivity index (χ2n) is 3.32. The van der Waals surface area contributed by atoms with E-state index in [-0.39, 0.29) is 5.02 Å². The van der Waals surface area contributed by atoms with Gasteiger partial charge in [-0.15, -0.1) is 0 Å². The van der Waals surface area contributed by atoms with E-state index in [2.05, 4.69) is 5.16 Å². The molecule has 0 saturated heterocycles. The van der Waals surface area contributed by atoms with Gasteiger partial charge in [-0.05, 0) is 18.7 Å². The van der Waals surface area contributed by atoms with Gasteiger partial charge in [-0.2, -0.15) is 0 Å². The Morgan fingerprint density at radius 3 is 3.00 bits per heavy atom. The van der Waals surface area contributed by atoms with Crippen LogP contribution in [0.3, 0.4) is 0 Å². The predicted octanol–water partition coefficient (Wildman–Crippen LogP) is 2.64. The zero-order chi connectivity index (χ0) is 11.5. The average Bonchev–Trinajstić information content (AvgIpc) is 2.71. The summed E-state index contributed by atoms with van der Waals surface area (Å²) in [5.41, 5.74) is 6.15. The maximum Gasteiger partial charge on any atom is 0.151 e. The van der Waals surface area contributed by atoms with Crippen molar-refractivity contribution in [3.05, 3.63) is 40.9 Å². The minimum atomic E-state index is -0.489. The molecule has 0 aliphatic carbocycles. The molecule has 1 aromatic heterocycles. The Bertz CT molecular complexity index is 498. The smallest absolute Gasteiger partial charge is 0.151 e. The topological polar surface area (TPSA) is 52.0 Å². The van der Waals surface area contributed by atoms with E-state index in [0.29, 0.717) is 30.0 Å². The van der Waals surface area contributed by atoms with Crippen molar-refractivity contribution in [3.8, 4) is 11.3 Å². The molecule has 5 heteroatoms. The van der Waals surface area contributed by atoms with Crippen LogP contribution in [-0.4, -0.2) is 11.7 Å². The molecule has 0 fully saturated rings. The van der Waals surface area contributed by atoms with Gasteiger partial charge in [0.15, 0.2) is 5.82 Å². The maximum absolute atomic E-state index is 13.6. The zero-order valence-electron chi connectivity index (χ0n) is 8.41. The van der Waals surface area contributed by atoms with Gasteiger partial charge in [-0.1, -0.05) is 22.8 Å². The van der Waals surface area contributed by atoms with Crippen LogP contribution in [0, 0.1) is 5.82 Å². The highest BCUT2D eigenvalue weighted by Gasteiger charge is 2.12. The first-order chi connectivity index (χ1) is 7.72. The van der Waals surface area contributed by atoms with Gasteiger partial charge in [0.05, 0.1) is 5.02 Å². The van der Waals surface area contributed by atoms with Gasteiger partial charge in [0.2, 0.25) is 0 Å². The minimum absolute atomic E-state index is 0.0703. The van der Waals surface area contributed by atoms with E-state index in [0.717, 1.165) is 0 Å². The van der Waals surface area contributed by atoms with E-state index in [1.54, 1.807) is 18.2 Å². The summed E-state index contributed by atoms with van der Waals surface area (Å²) >= 11 is 5.68. The molecule has 0 aliphatic heterocycles. The molecule has 3 nitrogen and oxygen atoms in total. The third kappa shape index (κ3) is 2.08. The van der Waals surface area contributed by atoms with E-state index >= 15 is 0 Å². The van der Waals surface area contributed by atoms with Crippen LogP contribution in [0.15, 0.2) is 28.8 Å². The maximum atomic E-state index is 13.6. The average molecular weight is 241 g/mol. The molecular weight excluding hydrogens is 231 g/mol. The number of benzene rings is 1. The van der Waals surface area contributed by atoms with Crippen molar-refractivity contribution >= 4 is 11.6 Å². The van der Waals surface area contributed by atoms with Crippen LogP contribution in [0.25, 0.3) is 11.3 Å². The van der Waals surface area contributed by atoms with E-state index < -0.39 is 5.82 Å². The lowest BCUT2D eigenvalue weighted by Crippen LogP contribution is -2.01. The summed E-state index contributed by atoms with van der Waals surface area (Å²) in [5.74, 6) is 0.147. The van der Waals surface area contributed by atoms with E-state index in [1.165, 1.54) is 6.07 Å². The lowest BCUT2D eigenvalue weighted by atomic mass is 10.1. The van der Waals surface area contributed by atoms with Gasteiger partial charge >= 0.3 is 0 Å². The van der Waals surface area contributed by atoms with Crippen LogP contribution in [0.5, 0.6) is 0 Å². The van der Waals surface area contributed by atoms with Crippen LogP contribution in [0.2, 0.25) is 5.02 Å². The molecule has 2 aromatic rings. The molecule has 0 spiro atoms. The quantitative estimate of drug-likeness (QED) is 0.897. The molecule has 0 atom stereocenters. The van der Waals surface area contributed by atoms with E-state index in [4.69, 9.17) is 21.9 Å². The van der Waals surface area contributed by atoms with Crippen LogP contribution < -0.4 is 5.73 Å². The van der Waals surface area contributed by atoms with Crippen molar-refractivity contribution < 1.29 is 8.91 Å². The number of aromatic nitrogens is 1. The first-order valence-corrected chi connectivity index (χ1v) is 5.20. The molecule has 2 rings (SSSR count). The highest BCUT2D eigenvalue weighted by atomic mass is 35.5. The van der Waals surface area contributed by atoms with Gasteiger partial charge in [0.25, 0.3) is 0 Å². The fourth-order valence-electron chi connectivity index (χ4n) is 1.40. The van der Waals surface area contributed by atoms with Crippen molar-refractivity contribution in [2.24, 2.45) is 5.73 Å². The first kappa shape index (κ1) is 11.1. The molecule has 0 aliphatic rings. The largest absolute Gasteiger partial charge is 0.361 e. The summed E-state index contributed by atoms with van der Waals surface area (Å²) in [6.45, 7) is 0.465. The van der Waals surface area contributed by atoms with Crippen LogP contribution >= 0.6 is 11.6 Å². The second kappa shape index (κ2) is 4.63. The lowest BCUT2D eigenvalue weighted by Gasteiger charge is -1.99. The zero-order valence-corrected chi connectivity index (χ0v) is 9.17. The SMILES string of the molecule is NCCc1cc(-c2cccc(Cl)c2F)no1. The molecule has 0 saturated carbocycles. The fourth-order valence-corrected chi connectivity index (χ4v) is 1.58. The Morgan fingerprint density at radius 2 is 2.25 bits per heavy atom. The summed E-state index contributed by atoms with van der Waals surface area (Å²) < 4.78 is 18.7. The van der Waals surface area contributed by atoms with Gasteiger partial charge in [0.1, 0.15) is 11.5 Å². The molecule has 0 unspecified atom stereocenters. The van der Waals surface area contributed by atoms with Crippen molar-refractivity contribution in [3.63, 3.8) is 0 Å². The molecule has 1 heterocycles. The van der Waals surface area contributed by atoms with Crippen molar-refractivity contribution in [1.82, 2.24) is 5.16 Å². The summed E-state index contributed by atoms with van der Waals surface area (Å²) in [6, 6.07) is 6.42. The molecule has 16 heavy (non-hydrogen) atoms. The number of hydrogen-bond acceptors (Lipinski definition) is 3. The van der Waals surface area contributed by atoms with Crippen molar-refractivity contribution in [2.75, 3.05) is 6.54 Å². The third-order valence-corrected chi connectivity index (χ3v) is 2.47. The molecule has 2 N–H and O–H groups in total. The Morgan fingerprint density at radius 1 is 1.44 bits per heavy atom. The molecule has 0 amide bonds. The Balaban J connectivity index is 2.39. The van der Waals surface area contributed by atoms with Gasteiger partial charge < -0.3 is 10.3 Å². The number of rotatable bonds is 3. The van der Waals surface area contributed by atoms with Gasteiger partial charge in [0, 0.05) is 18.1 Å². The number of nitrogens with zero attached hydrogens (tertiary/aromatic N) is 1. The first-order valence-electron chi connectivity index (χ1n) is 4.82. The molecule has 84 valence electrons. The summed E-state index contributed by atoms with van der Waals surface area (Å²) in [6.07, 6.45) is 0.579. The lowest BCUT2D eigenvalue weighted by molar-refractivity contribution is 0.386. The Hall–Kier alpha value is -1.39. The number of halogens is 2. The van der Waals surface area contributed by atoms with E-state index in [1.807, 2.05) is 0 Å². The van der Waals surface area contributed by atoms with Gasteiger partial charge in [-0.25, -0.2) is 4.39 Å². The summed E-state index contributed by atoms with van der Waals surface area (Å²) in [4.78, 5) is 0. The highest BCUT2D eigenvalue weighted by Crippen LogP contribution is 2.27. The molecule has 0 bridgehead atoms. The Labute approximate surface area is 97.0 Å². The van der Waals surface area contributed by atoms with Crippen LogP contribution in [-0.2, 0) is 6.42 Å². The van der Waals surface area contributed by atoms with E-state index in [9.17, 15) is 4.39 Å². The predicted molar refractivity (Wildman–Crippen MR) is 59.7 cm³/mol. The van der Waals surface area contributed by atoms with Crippen LogP contribution in [0.4, 0.5) is 4.39 Å². The third-order valence-electron chi connectivity index (χ3n) is 2.18. The molecular formula is C11H10ClFN2O. The van der Waals surface area contributed by atoms with Crippen molar-refractivity contribution in [1.29, 1.82) is 0 Å². The Kier molecular flexibility index (Phi) is 3.22. The summed E-state index contributed by atoms with van der Waals surface area (Å²) in [7, 11) is 0. The summed E-state index contributed by atoms with van der Waals surface area (Å²) in [5, 5.41) is 3.85. The highest BCUT2D eigenvalue weighted by molar-refractivity contribution is 6.31. The van der Waals surface area contributed by atoms with Crippen molar-refractivity contribution in [2.45, 2.75) is 6.42 Å². The molecule has 0 radical (unpaired) electrons. The number of nitrogens with two attached hydrogens (primary N) is 1. The monoisotopic (exact) mass is 240 g/mol. The number of hydrogen-bond donors (Lipinski definition) is 1. The standard InChI is InChI=1S/C11H10ClFN2O/c12-9-3-1-2-8(11(9)13)10-6-7(4-5-14)16-15-10/h1-3,6H,4-5,14H2. The second-order valence-corrected chi connectivity index (χ2v) is 3.73. The fraction of sp³-hybridized carbons (Fsp3) is 0.182. The van der Waals surface area contributed by atoms with Crippen LogP contribution in [0.1, 0.15) is 5.76 Å². The molecule has 1 aromatic carbocycles.